The van der Waals surface area contributed by atoms with E-state index >= 15 is 0 Å². The normalized spacial score (nSPS) is 18.7. The SMILES string of the molecule is CC(C)C(C(=O)N1CCOC(C(=O)O)C1)n1nnc(-c2ccccc2)n1. The molecule has 2 aromatic rings. The number of aliphatic carboxylic acids is 1. The number of ether oxygens (including phenoxy) is 1. The molecule has 2 heterocycles. The van der Waals surface area contributed by atoms with Gasteiger partial charge in [-0.25, -0.2) is 4.79 Å². The molecule has 1 N–H and O–H groups in total. The van der Waals surface area contributed by atoms with Gasteiger partial charge in [0.15, 0.2) is 12.1 Å². The lowest BCUT2D eigenvalue weighted by molar-refractivity contribution is -0.161. The minimum absolute atomic E-state index is 0.0115. The molecule has 1 amide bonds. The molecule has 1 aromatic carbocycles. The molecular formula is C17H21N5O4. The minimum Gasteiger partial charge on any atom is -0.479 e. The summed E-state index contributed by atoms with van der Waals surface area (Å²) in [5.74, 6) is -0.957. The number of benzene rings is 1. The number of rotatable bonds is 5. The van der Waals surface area contributed by atoms with Crippen molar-refractivity contribution in [3.8, 4) is 11.4 Å². The van der Waals surface area contributed by atoms with Crippen LogP contribution in [0.3, 0.4) is 0 Å². The molecule has 138 valence electrons. The smallest absolute Gasteiger partial charge is 0.334 e. The highest BCUT2D eigenvalue weighted by Crippen LogP contribution is 2.22. The summed E-state index contributed by atoms with van der Waals surface area (Å²) in [6.07, 6.45) is -1.01. The number of carboxylic acid groups (broad SMARTS) is 1. The van der Waals surface area contributed by atoms with Gasteiger partial charge in [-0.1, -0.05) is 44.2 Å². The monoisotopic (exact) mass is 359 g/mol. The largest absolute Gasteiger partial charge is 0.479 e. The van der Waals surface area contributed by atoms with E-state index in [1.165, 1.54) is 9.70 Å². The predicted octanol–water partition coefficient (Wildman–Crippen LogP) is 0.849. The van der Waals surface area contributed by atoms with Crippen molar-refractivity contribution in [3.63, 3.8) is 0 Å². The fourth-order valence-electron chi connectivity index (χ4n) is 2.88. The predicted molar refractivity (Wildman–Crippen MR) is 91.1 cm³/mol. The van der Waals surface area contributed by atoms with E-state index < -0.39 is 18.1 Å². The van der Waals surface area contributed by atoms with E-state index in [2.05, 4.69) is 15.4 Å². The lowest BCUT2D eigenvalue weighted by atomic mass is 10.0. The molecule has 26 heavy (non-hydrogen) atoms. The van der Waals surface area contributed by atoms with Crippen LogP contribution < -0.4 is 0 Å². The van der Waals surface area contributed by atoms with Crippen molar-refractivity contribution in [3.05, 3.63) is 30.3 Å². The number of hydrogen-bond acceptors (Lipinski definition) is 6. The molecular weight excluding hydrogens is 338 g/mol. The number of amides is 1. The van der Waals surface area contributed by atoms with Crippen molar-refractivity contribution in [2.24, 2.45) is 5.92 Å². The van der Waals surface area contributed by atoms with Gasteiger partial charge in [0.2, 0.25) is 11.7 Å². The van der Waals surface area contributed by atoms with Crippen LogP contribution in [0, 0.1) is 5.92 Å². The zero-order valence-corrected chi connectivity index (χ0v) is 14.6. The fourth-order valence-corrected chi connectivity index (χ4v) is 2.88. The van der Waals surface area contributed by atoms with Crippen molar-refractivity contribution >= 4 is 11.9 Å². The molecule has 0 bridgehead atoms. The topological polar surface area (TPSA) is 110 Å². The number of aromatic nitrogens is 4. The lowest BCUT2D eigenvalue weighted by Crippen LogP contribution is -2.51. The van der Waals surface area contributed by atoms with E-state index in [1.807, 2.05) is 44.2 Å². The van der Waals surface area contributed by atoms with Gasteiger partial charge in [-0.05, 0) is 11.1 Å². The third-order valence-corrected chi connectivity index (χ3v) is 4.25. The molecule has 2 unspecified atom stereocenters. The van der Waals surface area contributed by atoms with Crippen molar-refractivity contribution in [1.82, 2.24) is 25.1 Å². The second kappa shape index (κ2) is 7.61. The zero-order chi connectivity index (χ0) is 18.7. The average molecular weight is 359 g/mol. The quantitative estimate of drug-likeness (QED) is 0.842. The number of carbonyl (C=O) groups excluding carboxylic acids is 1. The Bertz CT molecular complexity index is 776. The van der Waals surface area contributed by atoms with Crippen LogP contribution in [0.2, 0.25) is 0 Å². The zero-order valence-electron chi connectivity index (χ0n) is 14.6. The Balaban J connectivity index is 1.82. The van der Waals surface area contributed by atoms with Crippen LogP contribution in [0.5, 0.6) is 0 Å². The van der Waals surface area contributed by atoms with E-state index in [-0.39, 0.29) is 25.0 Å². The maximum atomic E-state index is 13.0. The second-order valence-corrected chi connectivity index (χ2v) is 6.47. The highest BCUT2D eigenvalue weighted by Gasteiger charge is 2.35. The summed E-state index contributed by atoms with van der Waals surface area (Å²) in [6, 6.07) is 8.72. The summed E-state index contributed by atoms with van der Waals surface area (Å²) in [5, 5.41) is 21.6. The van der Waals surface area contributed by atoms with Crippen LogP contribution in [0.4, 0.5) is 0 Å². The number of morpholine rings is 1. The Hall–Kier alpha value is -2.81. The Morgan fingerprint density at radius 2 is 2.00 bits per heavy atom. The summed E-state index contributed by atoms with van der Waals surface area (Å²) in [7, 11) is 0. The minimum atomic E-state index is -1.08. The molecule has 9 nitrogen and oxygen atoms in total. The summed E-state index contributed by atoms with van der Waals surface area (Å²) >= 11 is 0. The van der Waals surface area contributed by atoms with Gasteiger partial charge in [-0.2, -0.15) is 4.80 Å². The summed E-state index contributed by atoms with van der Waals surface area (Å²) in [6.45, 7) is 4.32. The summed E-state index contributed by atoms with van der Waals surface area (Å²) < 4.78 is 5.18. The summed E-state index contributed by atoms with van der Waals surface area (Å²) in [4.78, 5) is 27.0. The first-order chi connectivity index (χ1) is 12.5. The molecule has 0 aliphatic carbocycles. The van der Waals surface area contributed by atoms with E-state index in [9.17, 15) is 9.59 Å². The third kappa shape index (κ3) is 3.72. The first-order valence-electron chi connectivity index (χ1n) is 8.45. The Kier molecular flexibility index (Phi) is 5.27. The first kappa shape index (κ1) is 18.0. The van der Waals surface area contributed by atoms with Crippen molar-refractivity contribution < 1.29 is 19.4 Å². The fraction of sp³-hybridized carbons (Fsp3) is 0.471. The number of hydrogen-bond donors (Lipinski definition) is 1. The number of nitrogens with zero attached hydrogens (tertiary/aromatic N) is 5. The third-order valence-electron chi connectivity index (χ3n) is 4.25. The van der Waals surface area contributed by atoms with Crippen molar-refractivity contribution in [2.75, 3.05) is 19.7 Å². The Morgan fingerprint density at radius 1 is 1.27 bits per heavy atom. The standard InChI is InChI=1S/C17H21N5O4/c1-11(2)14(16(23)21-8-9-26-13(10-21)17(24)25)22-19-15(18-20-22)12-6-4-3-5-7-12/h3-7,11,13-14H,8-10H2,1-2H3,(H,24,25). The lowest BCUT2D eigenvalue weighted by Gasteiger charge is -2.33. The van der Waals surface area contributed by atoms with E-state index in [0.29, 0.717) is 12.4 Å². The van der Waals surface area contributed by atoms with Crippen LogP contribution in [0.15, 0.2) is 30.3 Å². The second-order valence-electron chi connectivity index (χ2n) is 6.47. The van der Waals surface area contributed by atoms with E-state index in [0.717, 1.165) is 5.56 Å². The van der Waals surface area contributed by atoms with Gasteiger partial charge in [0, 0.05) is 12.1 Å². The van der Waals surface area contributed by atoms with Crippen LogP contribution in [-0.4, -0.2) is 67.9 Å². The van der Waals surface area contributed by atoms with Gasteiger partial charge in [0.25, 0.3) is 0 Å². The number of carboxylic acids is 1. The van der Waals surface area contributed by atoms with E-state index in [4.69, 9.17) is 9.84 Å². The van der Waals surface area contributed by atoms with Crippen LogP contribution in [0.1, 0.15) is 19.9 Å². The van der Waals surface area contributed by atoms with Crippen LogP contribution in [-0.2, 0) is 14.3 Å². The van der Waals surface area contributed by atoms with Crippen LogP contribution >= 0.6 is 0 Å². The molecule has 3 rings (SSSR count). The summed E-state index contributed by atoms with van der Waals surface area (Å²) in [5.41, 5.74) is 0.811. The van der Waals surface area contributed by atoms with Gasteiger partial charge < -0.3 is 14.7 Å². The highest BCUT2D eigenvalue weighted by molar-refractivity contribution is 5.82. The molecule has 1 saturated heterocycles. The molecule has 1 fully saturated rings. The van der Waals surface area contributed by atoms with Gasteiger partial charge in [0.1, 0.15) is 0 Å². The molecule has 9 heteroatoms. The maximum Gasteiger partial charge on any atom is 0.334 e. The van der Waals surface area contributed by atoms with E-state index in [1.54, 1.807) is 0 Å². The molecule has 0 saturated carbocycles. The molecule has 1 aliphatic heterocycles. The molecule has 1 aromatic heterocycles. The Morgan fingerprint density at radius 3 is 2.65 bits per heavy atom. The number of carbonyl (C=O) groups is 2. The van der Waals surface area contributed by atoms with Gasteiger partial charge >= 0.3 is 5.97 Å². The number of tetrazole rings is 1. The molecule has 0 radical (unpaired) electrons. The van der Waals surface area contributed by atoms with Gasteiger partial charge in [-0.15, -0.1) is 10.2 Å². The van der Waals surface area contributed by atoms with Crippen molar-refractivity contribution in [1.29, 1.82) is 0 Å². The van der Waals surface area contributed by atoms with Crippen LogP contribution in [0.25, 0.3) is 11.4 Å². The molecule has 1 aliphatic rings. The molecule has 2 atom stereocenters. The van der Waals surface area contributed by atoms with Crippen molar-refractivity contribution in [2.45, 2.75) is 26.0 Å². The molecule has 0 spiro atoms. The van der Waals surface area contributed by atoms with Gasteiger partial charge in [0.05, 0.1) is 13.2 Å². The maximum absolute atomic E-state index is 13.0. The van der Waals surface area contributed by atoms with Gasteiger partial charge in [-0.3, -0.25) is 4.79 Å². The Labute approximate surface area is 150 Å². The first-order valence-corrected chi connectivity index (χ1v) is 8.45. The highest BCUT2D eigenvalue weighted by atomic mass is 16.5. The average Bonchev–Trinajstić information content (AvgIpc) is 3.12.